The molecule has 0 aliphatic heterocycles. The third kappa shape index (κ3) is 3.34. The number of rotatable bonds is 4. The summed E-state index contributed by atoms with van der Waals surface area (Å²) in [6.07, 6.45) is 0. The third-order valence-electron chi connectivity index (χ3n) is 2.38. The summed E-state index contributed by atoms with van der Waals surface area (Å²) in [6, 6.07) is 14.2. The highest BCUT2D eigenvalue weighted by Gasteiger charge is 2.04. The lowest BCUT2D eigenvalue weighted by molar-refractivity contribution is 0.0696. The van der Waals surface area contributed by atoms with Crippen molar-refractivity contribution in [1.82, 2.24) is 0 Å². The first-order valence-corrected chi connectivity index (χ1v) is 6.15. The summed E-state index contributed by atoms with van der Waals surface area (Å²) in [6.45, 7) is 0.405. The quantitative estimate of drug-likeness (QED) is 0.936. The molecular weight excluding hydrogens is 296 g/mol. The molecule has 4 heteroatoms. The van der Waals surface area contributed by atoms with Crippen molar-refractivity contribution in [1.29, 1.82) is 0 Å². The molecule has 0 aliphatic rings. The van der Waals surface area contributed by atoms with Crippen LogP contribution in [0.2, 0.25) is 0 Å². The predicted octanol–water partition coefficient (Wildman–Crippen LogP) is 3.73. The minimum absolute atomic E-state index is 0.224. The first-order chi connectivity index (χ1) is 8.65. The van der Waals surface area contributed by atoms with E-state index >= 15 is 0 Å². The van der Waals surface area contributed by atoms with E-state index in [1.54, 1.807) is 12.1 Å². The molecule has 0 unspecified atom stereocenters. The topological polar surface area (TPSA) is 46.5 Å². The highest BCUT2D eigenvalue weighted by molar-refractivity contribution is 9.10. The van der Waals surface area contributed by atoms with Crippen molar-refractivity contribution in [2.24, 2.45) is 0 Å². The van der Waals surface area contributed by atoms with Crippen molar-refractivity contribution in [3.8, 4) is 5.75 Å². The maximum atomic E-state index is 10.8. The molecule has 1 N–H and O–H groups in total. The van der Waals surface area contributed by atoms with E-state index in [0.717, 1.165) is 10.0 Å². The summed E-state index contributed by atoms with van der Waals surface area (Å²) in [5.41, 5.74) is 1.24. The Balaban J connectivity index is 2.06. The number of carboxylic acids is 1. The SMILES string of the molecule is O=C(O)c1cccc(OCc2cccc(Br)c2)c1. The van der Waals surface area contributed by atoms with E-state index in [0.29, 0.717) is 12.4 Å². The number of hydrogen-bond donors (Lipinski definition) is 1. The number of ether oxygens (including phenoxy) is 1. The summed E-state index contributed by atoms with van der Waals surface area (Å²) in [5.74, 6) is -0.405. The Kier molecular flexibility index (Phi) is 3.99. The molecule has 2 rings (SSSR count). The minimum Gasteiger partial charge on any atom is -0.489 e. The zero-order valence-corrected chi connectivity index (χ0v) is 11.1. The second-order valence-corrected chi connectivity index (χ2v) is 4.67. The maximum absolute atomic E-state index is 10.8. The molecule has 0 saturated heterocycles. The van der Waals surface area contributed by atoms with Gasteiger partial charge in [0.1, 0.15) is 12.4 Å². The van der Waals surface area contributed by atoms with Gasteiger partial charge in [0.15, 0.2) is 0 Å². The van der Waals surface area contributed by atoms with Crippen LogP contribution in [-0.2, 0) is 6.61 Å². The molecule has 0 saturated carbocycles. The Morgan fingerprint density at radius 3 is 2.67 bits per heavy atom. The number of hydrogen-bond acceptors (Lipinski definition) is 2. The van der Waals surface area contributed by atoms with Gasteiger partial charge in [-0.3, -0.25) is 0 Å². The fraction of sp³-hybridized carbons (Fsp3) is 0.0714. The summed E-state index contributed by atoms with van der Waals surface area (Å²) < 4.78 is 6.54. The van der Waals surface area contributed by atoms with Crippen LogP contribution in [0.15, 0.2) is 53.0 Å². The van der Waals surface area contributed by atoms with Gasteiger partial charge in [0, 0.05) is 4.47 Å². The molecule has 0 atom stereocenters. The van der Waals surface area contributed by atoms with E-state index in [2.05, 4.69) is 15.9 Å². The second-order valence-electron chi connectivity index (χ2n) is 3.75. The van der Waals surface area contributed by atoms with Crippen LogP contribution in [0.3, 0.4) is 0 Å². The molecular formula is C14H11BrO3. The standard InChI is InChI=1S/C14H11BrO3/c15-12-5-1-3-10(7-12)9-18-13-6-2-4-11(8-13)14(16)17/h1-8H,9H2,(H,16,17). The average molecular weight is 307 g/mol. The van der Waals surface area contributed by atoms with Crippen molar-refractivity contribution in [3.63, 3.8) is 0 Å². The Morgan fingerprint density at radius 1 is 1.17 bits per heavy atom. The highest BCUT2D eigenvalue weighted by atomic mass is 79.9. The van der Waals surface area contributed by atoms with Crippen molar-refractivity contribution >= 4 is 21.9 Å². The molecule has 0 aromatic heterocycles. The lowest BCUT2D eigenvalue weighted by atomic mass is 10.2. The van der Waals surface area contributed by atoms with Gasteiger partial charge in [-0.25, -0.2) is 4.79 Å². The van der Waals surface area contributed by atoms with Gasteiger partial charge >= 0.3 is 5.97 Å². The second kappa shape index (κ2) is 5.69. The van der Waals surface area contributed by atoms with Gasteiger partial charge in [0.2, 0.25) is 0 Å². The van der Waals surface area contributed by atoms with E-state index in [-0.39, 0.29) is 5.56 Å². The van der Waals surface area contributed by atoms with Crippen LogP contribution in [0.25, 0.3) is 0 Å². The zero-order chi connectivity index (χ0) is 13.0. The van der Waals surface area contributed by atoms with Crippen LogP contribution in [0.5, 0.6) is 5.75 Å². The molecule has 3 nitrogen and oxygen atoms in total. The van der Waals surface area contributed by atoms with Crippen molar-refractivity contribution in [2.45, 2.75) is 6.61 Å². The van der Waals surface area contributed by atoms with E-state index in [9.17, 15) is 4.79 Å². The number of benzene rings is 2. The molecule has 0 radical (unpaired) electrons. The van der Waals surface area contributed by atoms with Crippen molar-refractivity contribution in [2.75, 3.05) is 0 Å². The molecule has 18 heavy (non-hydrogen) atoms. The number of carbonyl (C=O) groups is 1. The smallest absolute Gasteiger partial charge is 0.335 e. The number of halogens is 1. The van der Waals surface area contributed by atoms with Gasteiger partial charge < -0.3 is 9.84 Å². The summed E-state index contributed by atoms with van der Waals surface area (Å²) in [5, 5.41) is 8.87. The molecule has 92 valence electrons. The molecule has 0 spiro atoms. The minimum atomic E-state index is -0.956. The Bertz CT molecular complexity index is 566. The maximum Gasteiger partial charge on any atom is 0.335 e. The molecule has 2 aromatic rings. The van der Waals surface area contributed by atoms with E-state index in [1.807, 2.05) is 24.3 Å². The molecule has 2 aromatic carbocycles. The van der Waals surface area contributed by atoms with Gasteiger partial charge in [0.25, 0.3) is 0 Å². The monoisotopic (exact) mass is 306 g/mol. The highest BCUT2D eigenvalue weighted by Crippen LogP contribution is 2.17. The number of aromatic carboxylic acids is 1. The van der Waals surface area contributed by atoms with E-state index in [4.69, 9.17) is 9.84 Å². The first kappa shape index (κ1) is 12.6. The van der Waals surface area contributed by atoms with E-state index < -0.39 is 5.97 Å². The largest absolute Gasteiger partial charge is 0.489 e. The Labute approximate surface area is 113 Å². The predicted molar refractivity (Wildman–Crippen MR) is 71.9 cm³/mol. The van der Waals surface area contributed by atoms with Crippen LogP contribution >= 0.6 is 15.9 Å². The van der Waals surface area contributed by atoms with Gasteiger partial charge in [-0.05, 0) is 35.9 Å². The molecule has 0 amide bonds. The summed E-state index contributed by atoms with van der Waals surface area (Å²) >= 11 is 3.39. The van der Waals surface area contributed by atoms with Crippen LogP contribution < -0.4 is 4.74 Å². The van der Waals surface area contributed by atoms with Gasteiger partial charge in [-0.1, -0.05) is 34.1 Å². The summed E-state index contributed by atoms with van der Waals surface area (Å²) in [7, 11) is 0. The first-order valence-electron chi connectivity index (χ1n) is 5.36. The average Bonchev–Trinajstić information content (AvgIpc) is 2.37. The Hall–Kier alpha value is -1.81. The van der Waals surface area contributed by atoms with Crippen LogP contribution in [0.1, 0.15) is 15.9 Å². The molecule has 0 fully saturated rings. The van der Waals surface area contributed by atoms with Crippen molar-refractivity contribution < 1.29 is 14.6 Å². The summed E-state index contributed by atoms with van der Waals surface area (Å²) in [4.78, 5) is 10.8. The van der Waals surface area contributed by atoms with E-state index in [1.165, 1.54) is 12.1 Å². The van der Waals surface area contributed by atoms with Crippen LogP contribution in [0.4, 0.5) is 0 Å². The zero-order valence-electron chi connectivity index (χ0n) is 9.47. The fourth-order valence-electron chi connectivity index (χ4n) is 1.51. The molecule has 0 aliphatic carbocycles. The van der Waals surface area contributed by atoms with Crippen LogP contribution in [-0.4, -0.2) is 11.1 Å². The molecule has 0 bridgehead atoms. The lowest BCUT2D eigenvalue weighted by Crippen LogP contribution is -1.99. The van der Waals surface area contributed by atoms with Gasteiger partial charge in [-0.2, -0.15) is 0 Å². The third-order valence-corrected chi connectivity index (χ3v) is 2.87. The number of carboxylic acid groups (broad SMARTS) is 1. The van der Waals surface area contributed by atoms with Crippen molar-refractivity contribution in [3.05, 3.63) is 64.1 Å². The molecule has 0 heterocycles. The fourth-order valence-corrected chi connectivity index (χ4v) is 1.96. The van der Waals surface area contributed by atoms with Gasteiger partial charge in [-0.15, -0.1) is 0 Å². The van der Waals surface area contributed by atoms with Gasteiger partial charge in [0.05, 0.1) is 5.56 Å². The lowest BCUT2D eigenvalue weighted by Gasteiger charge is -2.07. The normalized spacial score (nSPS) is 10.1. The Morgan fingerprint density at radius 2 is 1.94 bits per heavy atom. The van der Waals surface area contributed by atoms with Crippen LogP contribution in [0, 0.1) is 0 Å².